The molecule has 0 N–H and O–H groups in total. The first-order chi connectivity index (χ1) is 11.9. The highest BCUT2D eigenvalue weighted by molar-refractivity contribution is 5.41. The number of anilines is 1. The molecule has 5 heteroatoms. The van der Waals surface area contributed by atoms with Crippen molar-refractivity contribution in [3.05, 3.63) is 42.4 Å². The average molecular weight is 325 g/mol. The van der Waals surface area contributed by atoms with E-state index >= 15 is 0 Å². The van der Waals surface area contributed by atoms with E-state index in [4.69, 9.17) is 9.47 Å². The standard InChI is InChI=1S/C19H23N3O2/c1-4-10-22(11-5-1)19-12-15(20-14-21-19)8-9-16-13-23-17-6-2-3-7-18(17)24-16/h2-3,6-7,12,14,16H,1,4-5,8-11,13H2/t16-/m1/s1. The normalized spacial score (nSPS) is 20.0. The van der Waals surface area contributed by atoms with Gasteiger partial charge in [0.25, 0.3) is 0 Å². The minimum atomic E-state index is 0.0771. The number of benzene rings is 1. The quantitative estimate of drug-likeness (QED) is 0.863. The first-order valence-electron chi connectivity index (χ1n) is 8.83. The van der Waals surface area contributed by atoms with Crippen molar-refractivity contribution in [3.8, 4) is 11.5 Å². The highest BCUT2D eigenvalue weighted by Crippen LogP contribution is 2.31. The van der Waals surface area contributed by atoms with E-state index in [1.54, 1.807) is 6.33 Å². The van der Waals surface area contributed by atoms with Gasteiger partial charge in [0.1, 0.15) is 24.9 Å². The molecule has 1 saturated heterocycles. The summed E-state index contributed by atoms with van der Waals surface area (Å²) in [5, 5.41) is 0. The van der Waals surface area contributed by atoms with Crippen molar-refractivity contribution in [1.82, 2.24) is 9.97 Å². The zero-order valence-electron chi connectivity index (χ0n) is 13.9. The summed E-state index contributed by atoms with van der Waals surface area (Å²) >= 11 is 0. The molecule has 1 fully saturated rings. The largest absolute Gasteiger partial charge is 0.486 e. The lowest BCUT2D eigenvalue weighted by molar-refractivity contribution is 0.0849. The number of rotatable bonds is 4. The van der Waals surface area contributed by atoms with Crippen LogP contribution in [0.5, 0.6) is 11.5 Å². The lowest BCUT2D eigenvalue weighted by atomic mass is 10.1. The van der Waals surface area contributed by atoms with Crippen LogP contribution in [-0.2, 0) is 6.42 Å². The molecule has 5 nitrogen and oxygen atoms in total. The minimum absolute atomic E-state index is 0.0771. The van der Waals surface area contributed by atoms with E-state index in [1.807, 2.05) is 24.3 Å². The summed E-state index contributed by atoms with van der Waals surface area (Å²) in [6.07, 6.45) is 7.37. The molecule has 2 aromatic rings. The van der Waals surface area contributed by atoms with Crippen LogP contribution in [-0.4, -0.2) is 35.8 Å². The van der Waals surface area contributed by atoms with Crippen LogP contribution in [0.1, 0.15) is 31.4 Å². The zero-order chi connectivity index (χ0) is 16.2. The number of aryl methyl sites for hydroxylation is 1. The fraction of sp³-hybridized carbons (Fsp3) is 0.474. The van der Waals surface area contributed by atoms with Crippen LogP contribution in [0.2, 0.25) is 0 Å². The first-order valence-corrected chi connectivity index (χ1v) is 8.83. The summed E-state index contributed by atoms with van der Waals surface area (Å²) in [6.45, 7) is 2.81. The Hall–Kier alpha value is -2.30. The van der Waals surface area contributed by atoms with Gasteiger partial charge in [0.15, 0.2) is 11.5 Å². The minimum Gasteiger partial charge on any atom is -0.486 e. The predicted octanol–water partition coefficient (Wildman–Crippen LogP) is 3.24. The lowest BCUT2D eigenvalue weighted by Crippen LogP contribution is -2.30. The van der Waals surface area contributed by atoms with E-state index in [-0.39, 0.29) is 6.10 Å². The molecule has 126 valence electrons. The Morgan fingerprint density at radius 2 is 1.88 bits per heavy atom. The van der Waals surface area contributed by atoms with E-state index in [9.17, 15) is 0 Å². The molecule has 1 atom stereocenters. The molecule has 0 aliphatic carbocycles. The Balaban J connectivity index is 1.36. The molecule has 2 aliphatic rings. The third kappa shape index (κ3) is 3.45. The Bertz CT molecular complexity index is 686. The molecule has 3 heterocycles. The van der Waals surface area contributed by atoms with Crippen molar-refractivity contribution in [1.29, 1.82) is 0 Å². The summed E-state index contributed by atoms with van der Waals surface area (Å²) in [7, 11) is 0. The van der Waals surface area contributed by atoms with Crippen molar-refractivity contribution in [2.24, 2.45) is 0 Å². The zero-order valence-corrected chi connectivity index (χ0v) is 13.9. The summed E-state index contributed by atoms with van der Waals surface area (Å²) in [5.41, 5.74) is 1.08. The number of piperidine rings is 1. The van der Waals surface area contributed by atoms with E-state index in [0.29, 0.717) is 6.61 Å². The van der Waals surface area contributed by atoms with Gasteiger partial charge in [-0.15, -0.1) is 0 Å². The molecule has 0 unspecified atom stereocenters. The van der Waals surface area contributed by atoms with Crippen LogP contribution in [0, 0.1) is 0 Å². The molecule has 1 aromatic carbocycles. The molecule has 1 aromatic heterocycles. The van der Waals surface area contributed by atoms with Gasteiger partial charge in [-0.1, -0.05) is 12.1 Å². The van der Waals surface area contributed by atoms with Crippen LogP contribution >= 0.6 is 0 Å². The number of hydrogen-bond acceptors (Lipinski definition) is 5. The van der Waals surface area contributed by atoms with E-state index in [2.05, 4.69) is 20.9 Å². The molecule has 0 radical (unpaired) electrons. The second-order valence-electron chi connectivity index (χ2n) is 6.45. The number of nitrogens with zero attached hydrogens (tertiary/aromatic N) is 3. The van der Waals surface area contributed by atoms with E-state index in [1.165, 1.54) is 19.3 Å². The number of ether oxygens (including phenoxy) is 2. The molecule has 0 saturated carbocycles. The fourth-order valence-electron chi connectivity index (χ4n) is 3.33. The van der Waals surface area contributed by atoms with Crippen molar-refractivity contribution >= 4 is 5.82 Å². The van der Waals surface area contributed by atoms with Crippen molar-refractivity contribution in [2.75, 3.05) is 24.6 Å². The molecule has 0 bridgehead atoms. The third-order valence-electron chi connectivity index (χ3n) is 4.68. The van der Waals surface area contributed by atoms with Crippen molar-refractivity contribution in [2.45, 2.75) is 38.2 Å². The Morgan fingerprint density at radius 1 is 1.04 bits per heavy atom. The Morgan fingerprint density at radius 3 is 2.75 bits per heavy atom. The molecular formula is C19H23N3O2. The highest BCUT2D eigenvalue weighted by Gasteiger charge is 2.21. The maximum absolute atomic E-state index is 6.02. The monoisotopic (exact) mass is 325 g/mol. The van der Waals surface area contributed by atoms with Crippen LogP contribution in [0.25, 0.3) is 0 Å². The third-order valence-corrected chi connectivity index (χ3v) is 4.68. The van der Waals surface area contributed by atoms with Gasteiger partial charge in [-0.3, -0.25) is 0 Å². The first kappa shape index (κ1) is 15.2. The topological polar surface area (TPSA) is 47.5 Å². The van der Waals surface area contributed by atoms with Crippen LogP contribution < -0.4 is 14.4 Å². The fourth-order valence-corrected chi connectivity index (χ4v) is 3.33. The molecule has 4 rings (SSSR count). The Kier molecular flexibility index (Phi) is 4.49. The van der Waals surface area contributed by atoms with Gasteiger partial charge in [-0.25, -0.2) is 9.97 Å². The number of hydrogen-bond donors (Lipinski definition) is 0. The lowest BCUT2D eigenvalue weighted by Gasteiger charge is -2.28. The van der Waals surface area contributed by atoms with E-state index in [0.717, 1.165) is 48.9 Å². The van der Waals surface area contributed by atoms with Crippen molar-refractivity contribution in [3.63, 3.8) is 0 Å². The van der Waals surface area contributed by atoms with Gasteiger partial charge in [0.2, 0.25) is 0 Å². The summed E-state index contributed by atoms with van der Waals surface area (Å²) < 4.78 is 11.8. The van der Waals surface area contributed by atoms with Crippen LogP contribution in [0.3, 0.4) is 0 Å². The van der Waals surface area contributed by atoms with Crippen LogP contribution in [0.15, 0.2) is 36.7 Å². The number of para-hydroxylation sites is 2. The second-order valence-corrected chi connectivity index (χ2v) is 6.45. The van der Waals surface area contributed by atoms with Gasteiger partial charge >= 0.3 is 0 Å². The molecular weight excluding hydrogens is 302 g/mol. The van der Waals surface area contributed by atoms with Gasteiger partial charge in [-0.2, -0.15) is 0 Å². The highest BCUT2D eigenvalue weighted by atomic mass is 16.6. The average Bonchev–Trinajstić information content (AvgIpc) is 2.67. The molecule has 0 amide bonds. The Labute approximate surface area is 142 Å². The predicted molar refractivity (Wildman–Crippen MR) is 92.8 cm³/mol. The summed E-state index contributed by atoms with van der Waals surface area (Å²) in [5.74, 6) is 2.74. The SMILES string of the molecule is c1ccc2c(c1)OC[C@@H](CCc1cc(N3CCCCC3)ncn1)O2. The van der Waals surface area contributed by atoms with Gasteiger partial charge in [0, 0.05) is 24.8 Å². The van der Waals surface area contributed by atoms with Gasteiger partial charge in [-0.05, 0) is 44.2 Å². The summed E-state index contributed by atoms with van der Waals surface area (Å²) in [6, 6.07) is 9.97. The molecule has 24 heavy (non-hydrogen) atoms. The van der Waals surface area contributed by atoms with Crippen molar-refractivity contribution < 1.29 is 9.47 Å². The molecule has 0 spiro atoms. The maximum atomic E-state index is 6.02. The van der Waals surface area contributed by atoms with Gasteiger partial charge in [0.05, 0.1) is 0 Å². The molecule has 2 aliphatic heterocycles. The number of aromatic nitrogens is 2. The second kappa shape index (κ2) is 7.07. The number of fused-ring (bicyclic) bond motifs is 1. The maximum Gasteiger partial charge on any atom is 0.161 e. The van der Waals surface area contributed by atoms with E-state index < -0.39 is 0 Å². The summed E-state index contributed by atoms with van der Waals surface area (Å²) in [4.78, 5) is 11.2. The smallest absolute Gasteiger partial charge is 0.161 e. The van der Waals surface area contributed by atoms with Gasteiger partial charge < -0.3 is 14.4 Å². The van der Waals surface area contributed by atoms with Crippen LogP contribution in [0.4, 0.5) is 5.82 Å².